The number of benzene rings is 1. The zero-order chi connectivity index (χ0) is 18.6. The number of carbonyl (C=O) groups excluding carboxylic acids is 1. The van der Waals surface area contributed by atoms with Gasteiger partial charge in [0.15, 0.2) is 17.1 Å². The number of rotatable bonds is 6. The average molecular weight is 349 g/mol. The molecule has 1 aliphatic heterocycles. The lowest BCUT2D eigenvalue weighted by Crippen LogP contribution is -2.50. The summed E-state index contributed by atoms with van der Waals surface area (Å²) in [5, 5.41) is 19.1. The summed E-state index contributed by atoms with van der Waals surface area (Å²) in [5.41, 5.74) is -0.558. The standard InChI is InChI=1S/C18H23NO6/c1-4-5-12-10-13(11-14(24-2)15(12)25-3)16(20)19-8-6-18(23,7-9-19)17(21)22/h4,10-11,23H,1,5-9H2,2-3H3,(H,21,22). The number of nitrogens with zero attached hydrogens (tertiary/aromatic N) is 1. The van der Waals surface area contributed by atoms with Gasteiger partial charge in [0.05, 0.1) is 14.2 Å². The Labute approximate surface area is 146 Å². The molecule has 0 aliphatic carbocycles. The Morgan fingerprint density at radius 3 is 2.40 bits per heavy atom. The van der Waals surface area contributed by atoms with Crippen molar-refractivity contribution in [3.63, 3.8) is 0 Å². The molecule has 0 radical (unpaired) electrons. The first kappa shape index (κ1) is 18.8. The van der Waals surface area contributed by atoms with E-state index in [-0.39, 0.29) is 31.8 Å². The van der Waals surface area contributed by atoms with Gasteiger partial charge in [0.1, 0.15) is 0 Å². The van der Waals surface area contributed by atoms with E-state index in [1.165, 1.54) is 19.1 Å². The molecule has 136 valence electrons. The fourth-order valence-corrected chi connectivity index (χ4v) is 2.95. The zero-order valence-electron chi connectivity index (χ0n) is 14.4. The molecule has 0 atom stereocenters. The minimum absolute atomic E-state index is 0.000871. The van der Waals surface area contributed by atoms with Gasteiger partial charge in [-0.15, -0.1) is 6.58 Å². The highest BCUT2D eigenvalue weighted by Gasteiger charge is 2.40. The predicted octanol–water partition coefficient (Wildman–Crippen LogP) is 1.48. The van der Waals surface area contributed by atoms with E-state index < -0.39 is 11.6 Å². The molecule has 1 saturated heterocycles. The van der Waals surface area contributed by atoms with Crippen molar-refractivity contribution in [1.82, 2.24) is 4.90 Å². The number of methoxy groups -OCH3 is 2. The molecule has 7 heteroatoms. The van der Waals surface area contributed by atoms with Crippen LogP contribution >= 0.6 is 0 Å². The second-order valence-corrected chi connectivity index (χ2v) is 5.99. The third-order valence-electron chi connectivity index (χ3n) is 4.44. The van der Waals surface area contributed by atoms with Crippen molar-refractivity contribution in [3.8, 4) is 11.5 Å². The Balaban J connectivity index is 2.26. The van der Waals surface area contributed by atoms with Gasteiger partial charge in [0.2, 0.25) is 0 Å². The van der Waals surface area contributed by atoms with Crippen molar-refractivity contribution < 1.29 is 29.3 Å². The highest BCUT2D eigenvalue weighted by molar-refractivity contribution is 5.95. The van der Waals surface area contributed by atoms with E-state index in [0.29, 0.717) is 23.5 Å². The molecule has 0 saturated carbocycles. The van der Waals surface area contributed by atoms with Crippen molar-refractivity contribution in [2.45, 2.75) is 24.9 Å². The van der Waals surface area contributed by atoms with Crippen LogP contribution in [0.2, 0.25) is 0 Å². The van der Waals surface area contributed by atoms with Crippen LogP contribution in [0.1, 0.15) is 28.8 Å². The van der Waals surface area contributed by atoms with Crippen LogP contribution in [0, 0.1) is 0 Å². The number of carboxylic acids is 1. The molecule has 1 aliphatic rings. The van der Waals surface area contributed by atoms with Gasteiger partial charge in [-0.3, -0.25) is 4.79 Å². The van der Waals surface area contributed by atoms with Gasteiger partial charge in [0, 0.05) is 37.1 Å². The van der Waals surface area contributed by atoms with Crippen molar-refractivity contribution in [1.29, 1.82) is 0 Å². The summed E-state index contributed by atoms with van der Waals surface area (Å²) in [4.78, 5) is 25.4. The van der Waals surface area contributed by atoms with Crippen LogP contribution in [-0.4, -0.2) is 59.9 Å². The second-order valence-electron chi connectivity index (χ2n) is 5.99. The number of ether oxygens (including phenoxy) is 2. The molecule has 25 heavy (non-hydrogen) atoms. The smallest absolute Gasteiger partial charge is 0.335 e. The fraction of sp³-hybridized carbons (Fsp3) is 0.444. The van der Waals surface area contributed by atoms with E-state index in [4.69, 9.17) is 14.6 Å². The van der Waals surface area contributed by atoms with Gasteiger partial charge in [-0.1, -0.05) is 6.08 Å². The fourth-order valence-electron chi connectivity index (χ4n) is 2.95. The monoisotopic (exact) mass is 349 g/mol. The van der Waals surface area contributed by atoms with E-state index in [0.717, 1.165) is 5.56 Å². The lowest BCUT2D eigenvalue weighted by Gasteiger charge is -2.35. The summed E-state index contributed by atoms with van der Waals surface area (Å²) in [6.45, 7) is 4.06. The minimum atomic E-state index is -1.76. The summed E-state index contributed by atoms with van der Waals surface area (Å²) in [5.74, 6) is -0.486. The molecule has 0 aromatic heterocycles. The lowest BCUT2D eigenvalue weighted by atomic mass is 9.91. The Morgan fingerprint density at radius 1 is 1.28 bits per heavy atom. The summed E-state index contributed by atoms with van der Waals surface area (Å²) in [6, 6.07) is 3.33. The highest BCUT2D eigenvalue weighted by Crippen LogP contribution is 2.34. The molecule has 0 unspecified atom stereocenters. The lowest BCUT2D eigenvalue weighted by molar-refractivity contribution is -0.162. The third-order valence-corrected chi connectivity index (χ3v) is 4.44. The average Bonchev–Trinajstić information content (AvgIpc) is 2.61. The summed E-state index contributed by atoms with van der Waals surface area (Å²) >= 11 is 0. The number of amides is 1. The molecule has 1 aromatic rings. The summed E-state index contributed by atoms with van der Waals surface area (Å²) in [6.07, 6.45) is 2.22. The Bertz CT molecular complexity index is 676. The van der Waals surface area contributed by atoms with Crippen LogP contribution in [0.4, 0.5) is 0 Å². The SMILES string of the molecule is C=CCc1cc(C(=O)N2CCC(O)(C(=O)O)CC2)cc(OC)c1OC. The van der Waals surface area contributed by atoms with E-state index in [1.54, 1.807) is 18.2 Å². The molecule has 7 nitrogen and oxygen atoms in total. The quantitative estimate of drug-likeness (QED) is 0.755. The van der Waals surface area contributed by atoms with Gasteiger partial charge in [-0.25, -0.2) is 4.79 Å². The number of hydrogen-bond acceptors (Lipinski definition) is 5. The van der Waals surface area contributed by atoms with Gasteiger partial charge in [-0.05, 0) is 18.6 Å². The van der Waals surface area contributed by atoms with E-state index in [2.05, 4.69) is 6.58 Å². The molecular formula is C18H23NO6. The molecule has 0 spiro atoms. The van der Waals surface area contributed by atoms with Gasteiger partial charge < -0.3 is 24.6 Å². The molecule has 0 bridgehead atoms. The van der Waals surface area contributed by atoms with Crippen LogP contribution in [-0.2, 0) is 11.2 Å². The number of hydrogen-bond donors (Lipinski definition) is 2. The Morgan fingerprint density at radius 2 is 1.92 bits per heavy atom. The van der Waals surface area contributed by atoms with Crippen molar-refractivity contribution >= 4 is 11.9 Å². The van der Waals surface area contributed by atoms with Crippen LogP contribution in [0.5, 0.6) is 11.5 Å². The summed E-state index contributed by atoms with van der Waals surface area (Å²) in [7, 11) is 3.03. The van der Waals surface area contributed by atoms with E-state index in [9.17, 15) is 14.7 Å². The molecule has 2 N–H and O–H groups in total. The Kier molecular flexibility index (Phi) is 5.69. The van der Waals surface area contributed by atoms with Crippen molar-refractivity contribution in [2.75, 3.05) is 27.3 Å². The van der Waals surface area contributed by atoms with Crippen LogP contribution in [0.15, 0.2) is 24.8 Å². The molecular weight excluding hydrogens is 326 g/mol. The van der Waals surface area contributed by atoms with Gasteiger partial charge in [-0.2, -0.15) is 0 Å². The second kappa shape index (κ2) is 7.57. The number of likely N-dealkylation sites (tertiary alicyclic amines) is 1. The molecule has 2 rings (SSSR count). The number of aliphatic carboxylic acids is 1. The van der Waals surface area contributed by atoms with Crippen LogP contribution in [0.3, 0.4) is 0 Å². The number of aliphatic hydroxyl groups is 1. The number of carboxylic acid groups (broad SMARTS) is 1. The normalized spacial score (nSPS) is 16.2. The highest BCUT2D eigenvalue weighted by atomic mass is 16.5. The van der Waals surface area contributed by atoms with Gasteiger partial charge >= 0.3 is 5.97 Å². The first-order valence-electron chi connectivity index (χ1n) is 7.97. The maximum absolute atomic E-state index is 12.8. The number of carbonyl (C=O) groups is 2. The summed E-state index contributed by atoms with van der Waals surface area (Å²) < 4.78 is 10.7. The third kappa shape index (κ3) is 3.76. The topological polar surface area (TPSA) is 96.3 Å². The zero-order valence-corrected chi connectivity index (χ0v) is 14.4. The maximum atomic E-state index is 12.8. The van der Waals surface area contributed by atoms with E-state index in [1.807, 2.05) is 0 Å². The number of piperidine rings is 1. The largest absolute Gasteiger partial charge is 0.493 e. The minimum Gasteiger partial charge on any atom is -0.493 e. The van der Waals surface area contributed by atoms with Crippen LogP contribution in [0.25, 0.3) is 0 Å². The Hall–Kier alpha value is -2.54. The molecule has 1 fully saturated rings. The van der Waals surface area contributed by atoms with E-state index >= 15 is 0 Å². The molecule has 1 aromatic carbocycles. The van der Waals surface area contributed by atoms with Gasteiger partial charge in [0.25, 0.3) is 5.91 Å². The van der Waals surface area contributed by atoms with Crippen molar-refractivity contribution in [3.05, 3.63) is 35.9 Å². The maximum Gasteiger partial charge on any atom is 0.335 e. The first-order chi connectivity index (χ1) is 11.9. The number of allylic oxidation sites excluding steroid dienone is 1. The molecule has 1 amide bonds. The first-order valence-corrected chi connectivity index (χ1v) is 7.97. The van der Waals surface area contributed by atoms with Crippen LogP contribution < -0.4 is 9.47 Å². The predicted molar refractivity (Wildman–Crippen MR) is 91.2 cm³/mol. The molecule has 1 heterocycles. The van der Waals surface area contributed by atoms with Crippen molar-refractivity contribution in [2.24, 2.45) is 0 Å².